The van der Waals surface area contributed by atoms with Crippen molar-refractivity contribution >= 4 is 10.9 Å². The summed E-state index contributed by atoms with van der Waals surface area (Å²) in [5, 5.41) is 0.631. The minimum absolute atomic E-state index is 0.0173. The Morgan fingerprint density at radius 3 is 2.33 bits per heavy atom. The number of hydrogen-bond donors (Lipinski definition) is 0. The second-order valence-electron chi connectivity index (χ2n) is 8.80. The monoisotopic (exact) mass is 487 g/mol. The first-order chi connectivity index (χ1) is 17.4. The van der Waals surface area contributed by atoms with Crippen LogP contribution in [-0.2, 0) is 13.0 Å². The van der Waals surface area contributed by atoms with E-state index in [0.717, 1.165) is 22.7 Å². The highest BCUT2D eigenvalue weighted by atomic mass is 16.5. The van der Waals surface area contributed by atoms with Gasteiger partial charge in [-0.05, 0) is 61.5 Å². The van der Waals surface area contributed by atoms with Crippen LogP contribution in [0.15, 0.2) is 71.5 Å². The van der Waals surface area contributed by atoms with Crippen LogP contribution in [0, 0.1) is 0 Å². The summed E-state index contributed by atoms with van der Waals surface area (Å²) >= 11 is 0. The fraction of sp³-hybridized carbons (Fsp3) is 0.310. The van der Waals surface area contributed by atoms with Crippen molar-refractivity contribution in [3.8, 4) is 17.2 Å². The van der Waals surface area contributed by atoms with Crippen molar-refractivity contribution in [2.75, 3.05) is 34.9 Å². The Labute approximate surface area is 211 Å². The van der Waals surface area contributed by atoms with Crippen LogP contribution in [0.4, 0.5) is 0 Å². The largest absolute Gasteiger partial charge is 0.497 e. The molecule has 0 aliphatic heterocycles. The molecule has 0 saturated carbocycles. The van der Waals surface area contributed by atoms with Gasteiger partial charge in [0.25, 0.3) is 5.56 Å². The highest BCUT2D eigenvalue weighted by Gasteiger charge is 2.17. The Morgan fingerprint density at radius 1 is 0.917 bits per heavy atom. The maximum atomic E-state index is 13.5. The molecule has 0 N–H and O–H groups in total. The minimum atomic E-state index is -0.0173. The predicted molar refractivity (Wildman–Crippen MR) is 142 cm³/mol. The molecule has 0 amide bonds. The highest BCUT2D eigenvalue weighted by Crippen LogP contribution is 2.31. The van der Waals surface area contributed by atoms with Gasteiger partial charge in [0.05, 0.1) is 32.2 Å². The maximum absolute atomic E-state index is 13.5. The molecule has 0 spiro atoms. The van der Waals surface area contributed by atoms with E-state index in [2.05, 4.69) is 18.9 Å². The second-order valence-corrected chi connectivity index (χ2v) is 8.80. The van der Waals surface area contributed by atoms with Crippen LogP contribution in [-0.4, -0.2) is 49.4 Å². The number of nitrogens with zero attached hydrogens (tertiary/aromatic N) is 3. The van der Waals surface area contributed by atoms with Gasteiger partial charge in [0.2, 0.25) is 0 Å². The average molecular weight is 488 g/mol. The van der Waals surface area contributed by atoms with Gasteiger partial charge in [0.15, 0.2) is 11.5 Å². The molecule has 0 saturated heterocycles. The van der Waals surface area contributed by atoms with Crippen molar-refractivity contribution in [3.63, 3.8) is 0 Å². The quantitative estimate of drug-likeness (QED) is 0.323. The van der Waals surface area contributed by atoms with E-state index in [0.29, 0.717) is 41.9 Å². The third-order valence-electron chi connectivity index (χ3n) is 6.69. The SMILES string of the molecule is COc1ccc(Cc2nc3ccccc3c(=O)n2CCN(C)C(C)c2ccc(OC)c(OC)c2)cc1. The topological polar surface area (TPSA) is 65.8 Å². The van der Waals surface area contributed by atoms with Crippen LogP contribution >= 0.6 is 0 Å². The van der Waals surface area contributed by atoms with E-state index in [1.54, 1.807) is 21.3 Å². The Morgan fingerprint density at radius 2 is 1.64 bits per heavy atom. The Hall–Kier alpha value is -3.84. The second kappa shape index (κ2) is 11.3. The van der Waals surface area contributed by atoms with Gasteiger partial charge in [-0.2, -0.15) is 0 Å². The van der Waals surface area contributed by atoms with Gasteiger partial charge in [0.1, 0.15) is 11.6 Å². The molecule has 0 aliphatic rings. The van der Waals surface area contributed by atoms with Gasteiger partial charge in [-0.1, -0.05) is 30.3 Å². The van der Waals surface area contributed by atoms with Crippen molar-refractivity contribution in [2.24, 2.45) is 0 Å². The lowest BCUT2D eigenvalue weighted by Gasteiger charge is -2.26. The molecule has 7 nitrogen and oxygen atoms in total. The number of likely N-dealkylation sites (N-methyl/N-ethyl adjacent to an activating group) is 1. The first kappa shape index (κ1) is 25.3. The lowest BCUT2D eigenvalue weighted by molar-refractivity contribution is 0.248. The van der Waals surface area contributed by atoms with E-state index < -0.39 is 0 Å². The molecular formula is C29H33N3O4. The van der Waals surface area contributed by atoms with Crippen molar-refractivity contribution in [3.05, 3.63) is 94.0 Å². The molecule has 0 fully saturated rings. The van der Waals surface area contributed by atoms with Gasteiger partial charge in [-0.25, -0.2) is 4.98 Å². The van der Waals surface area contributed by atoms with Gasteiger partial charge < -0.3 is 14.2 Å². The van der Waals surface area contributed by atoms with Crippen molar-refractivity contribution < 1.29 is 14.2 Å². The molecule has 1 heterocycles. The van der Waals surface area contributed by atoms with Crippen LogP contribution in [0.5, 0.6) is 17.2 Å². The fourth-order valence-electron chi connectivity index (χ4n) is 4.32. The van der Waals surface area contributed by atoms with E-state index in [-0.39, 0.29) is 11.6 Å². The van der Waals surface area contributed by atoms with Crippen LogP contribution in [0.2, 0.25) is 0 Å². The summed E-state index contributed by atoms with van der Waals surface area (Å²) in [6, 6.07) is 21.5. The molecule has 3 aromatic carbocycles. The number of aromatic nitrogens is 2. The molecule has 0 aliphatic carbocycles. The molecule has 4 aromatic rings. The van der Waals surface area contributed by atoms with Crippen LogP contribution in [0.3, 0.4) is 0 Å². The molecule has 1 atom stereocenters. The van der Waals surface area contributed by atoms with E-state index in [1.165, 1.54) is 0 Å². The predicted octanol–water partition coefficient (Wildman–Crippen LogP) is 4.71. The lowest BCUT2D eigenvalue weighted by atomic mass is 10.1. The summed E-state index contributed by atoms with van der Waals surface area (Å²) in [7, 11) is 6.98. The molecule has 36 heavy (non-hydrogen) atoms. The third kappa shape index (κ3) is 5.36. The van der Waals surface area contributed by atoms with Gasteiger partial charge >= 0.3 is 0 Å². The summed E-state index contributed by atoms with van der Waals surface area (Å²) in [6.45, 7) is 3.34. The van der Waals surface area contributed by atoms with Crippen LogP contribution < -0.4 is 19.8 Å². The van der Waals surface area contributed by atoms with E-state index in [4.69, 9.17) is 19.2 Å². The molecule has 188 valence electrons. The van der Waals surface area contributed by atoms with E-state index in [9.17, 15) is 4.79 Å². The average Bonchev–Trinajstić information content (AvgIpc) is 2.92. The van der Waals surface area contributed by atoms with Gasteiger partial charge in [-0.3, -0.25) is 14.3 Å². The lowest BCUT2D eigenvalue weighted by Crippen LogP contribution is -2.32. The molecular weight excluding hydrogens is 454 g/mol. The van der Waals surface area contributed by atoms with E-state index in [1.807, 2.05) is 71.3 Å². The summed E-state index contributed by atoms with van der Waals surface area (Å²) in [5.41, 5.74) is 2.88. The number of benzene rings is 3. The number of para-hydroxylation sites is 1. The molecule has 4 rings (SSSR count). The van der Waals surface area contributed by atoms with Gasteiger partial charge in [-0.15, -0.1) is 0 Å². The van der Waals surface area contributed by atoms with Crippen molar-refractivity contribution in [1.29, 1.82) is 0 Å². The maximum Gasteiger partial charge on any atom is 0.261 e. The zero-order valence-electron chi connectivity index (χ0n) is 21.5. The van der Waals surface area contributed by atoms with Crippen LogP contribution in [0.25, 0.3) is 10.9 Å². The van der Waals surface area contributed by atoms with E-state index >= 15 is 0 Å². The summed E-state index contributed by atoms with van der Waals surface area (Å²) in [5.74, 6) is 2.95. The summed E-state index contributed by atoms with van der Waals surface area (Å²) in [6.07, 6.45) is 0.555. The molecule has 1 aromatic heterocycles. The standard InChI is InChI=1S/C29H33N3O4/c1-20(22-12-15-26(35-4)27(19-22)36-5)31(2)16-17-32-28(18-21-10-13-23(34-3)14-11-21)30-25-9-7-6-8-24(25)29(32)33/h6-15,19-20H,16-18H2,1-5H3. The smallest absolute Gasteiger partial charge is 0.261 e. The van der Waals surface area contributed by atoms with Crippen LogP contribution in [0.1, 0.15) is 29.9 Å². The zero-order chi connectivity index (χ0) is 25.7. The first-order valence-electron chi connectivity index (χ1n) is 12.0. The molecule has 0 bridgehead atoms. The number of fused-ring (bicyclic) bond motifs is 1. The third-order valence-corrected chi connectivity index (χ3v) is 6.69. The molecule has 0 radical (unpaired) electrons. The Bertz CT molecular complexity index is 1380. The molecule has 7 heteroatoms. The number of rotatable bonds is 10. The normalized spacial score (nSPS) is 12.1. The Balaban J connectivity index is 1.60. The fourth-order valence-corrected chi connectivity index (χ4v) is 4.32. The minimum Gasteiger partial charge on any atom is -0.497 e. The number of ether oxygens (including phenoxy) is 3. The highest BCUT2D eigenvalue weighted by molar-refractivity contribution is 5.77. The Kier molecular flexibility index (Phi) is 7.90. The van der Waals surface area contributed by atoms with Crippen molar-refractivity contribution in [1.82, 2.24) is 14.5 Å². The molecule has 1 unspecified atom stereocenters. The zero-order valence-corrected chi connectivity index (χ0v) is 21.5. The summed E-state index contributed by atoms with van der Waals surface area (Å²) < 4.78 is 17.9. The van der Waals surface area contributed by atoms with Gasteiger partial charge in [0, 0.05) is 25.6 Å². The first-order valence-corrected chi connectivity index (χ1v) is 12.0. The van der Waals surface area contributed by atoms with Crippen molar-refractivity contribution in [2.45, 2.75) is 25.9 Å². The summed E-state index contributed by atoms with van der Waals surface area (Å²) in [4.78, 5) is 20.6. The number of hydrogen-bond acceptors (Lipinski definition) is 6. The number of methoxy groups -OCH3 is 3.